The van der Waals surface area contributed by atoms with Gasteiger partial charge in [0.15, 0.2) is 12.4 Å². The minimum Gasteiger partial charge on any atom is -0.462 e. The Kier molecular flexibility index (Phi) is 39.2. The van der Waals surface area contributed by atoms with Gasteiger partial charge in [-0.1, -0.05) is 206 Å². The molecule has 0 spiro atoms. The van der Waals surface area contributed by atoms with Crippen molar-refractivity contribution < 1.29 is 56.8 Å². The number of aliphatic hydroxyl groups is 3. The zero-order valence-corrected chi connectivity index (χ0v) is 41.5. The van der Waals surface area contributed by atoms with Crippen LogP contribution in [0, 0.1) is 0 Å². The molecular formula is C51H96O12S. The van der Waals surface area contributed by atoms with E-state index in [1.165, 1.54) is 161 Å². The Morgan fingerprint density at radius 1 is 0.516 bits per heavy atom. The number of aliphatic hydroxyl groups excluding tert-OH is 3. The maximum Gasteiger partial charge on any atom is 0.306 e. The quantitative estimate of drug-likeness (QED) is 0.0196. The maximum atomic E-state index is 12.9. The maximum absolute atomic E-state index is 12.9. The molecule has 1 fully saturated rings. The molecule has 12 nitrogen and oxygen atoms in total. The summed E-state index contributed by atoms with van der Waals surface area (Å²) in [7, 11) is -4.60. The minimum atomic E-state index is -4.60. The highest BCUT2D eigenvalue weighted by atomic mass is 32.2. The third-order valence-corrected chi connectivity index (χ3v) is 13.1. The Labute approximate surface area is 390 Å². The van der Waals surface area contributed by atoms with Crippen LogP contribution < -0.4 is 0 Å². The summed E-state index contributed by atoms with van der Waals surface area (Å²) in [6.45, 7) is 3.79. The molecule has 1 saturated heterocycles. The molecule has 1 rings (SSSR count). The van der Waals surface area contributed by atoms with Crippen molar-refractivity contribution in [2.45, 2.75) is 282 Å². The van der Waals surface area contributed by atoms with Gasteiger partial charge < -0.3 is 34.3 Å². The van der Waals surface area contributed by atoms with Gasteiger partial charge in [-0.2, -0.15) is 8.42 Å². The Balaban J connectivity index is 2.35. The summed E-state index contributed by atoms with van der Waals surface area (Å²) in [5.41, 5.74) is 0. The first-order valence-corrected chi connectivity index (χ1v) is 27.9. The Morgan fingerprint density at radius 2 is 0.891 bits per heavy atom. The standard InChI is InChI=1S/C51H96O12S/c1-3-5-7-9-11-13-15-17-19-20-21-22-23-24-26-28-30-32-34-36-38-40-47(53)62-44(42-61-51-50(56)49(55)48(54)45(63-51)43-64(57,58)59)41-60-46(52)39-37-35-33-31-29-27-25-18-16-14-12-10-8-6-4-2/h27,29,44-45,48-51,54-56H,3-26,28,30-43H2,1-2H3,(H,57,58,59)/b29-27+/t44-,45-,48-,49?,50?,51+/m1/s1. The highest BCUT2D eigenvalue weighted by Gasteiger charge is 2.46. The minimum absolute atomic E-state index is 0.168. The molecule has 0 bridgehead atoms. The summed E-state index contributed by atoms with van der Waals surface area (Å²) in [5.74, 6) is -1.98. The fourth-order valence-electron chi connectivity index (χ4n) is 8.26. The third kappa shape index (κ3) is 35.6. The molecule has 0 saturated carbocycles. The zero-order valence-electron chi connectivity index (χ0n) is 40.7. The van der Waals surface area contributed by atoms with Crippen LogP contribution in [0.25, 0.3) is 0 Å². The Hall–Kier alpha value is -1.61. The molecule has 1 aliphatic rings. The number of esters is 2. The normalized spacial score (nSPS) is 19.6. The van der Waals surface area contributed by atoms with Crippen LogP contribution in [0.4, 0.5) is 0 Å². The fourth-order valence-corrected chi connectivity index (χ4v) is 8.95. The van der Waals surface area contributed by atoms with Gasteiger partial charge in [-0.25, -0.2) is 0 Å². The van der Waals surface area contributed by atoms with E-state index in [2.05, 4.69) is 26.0 Å². The van der Waals surface area contributed by atoms with Gasteiger partial charge in [-0.15, -0.1) is 0 Å². The molecule has 378 valence electrons. The van der Waals surface area contributed by atoms with Gasteiger partial charge in [-0.05, 0) is 38.5 Å². The second kappa shape index (κ2) is 41.6. The van der Waals surface area contributed by atoms with Crippen molar-refractivity contribution in [1.29, 1.82) is 0 Å². The van der Waals surface area contributed by atoms with Crippen molar-refractivity contribution in [2.24, 2.45) is 0 Å². The molecule has 1 aliphatic heterocycles. The number of hydrogen-bond donors (Lipinski definition) is 4. The third-order valence-electron chi connectivity index (χ3n) is 12.3. The van der Waals surface area contributed by atoms with E-state index in [-0.39, 0.29) is 19.4 Å². The summed E-state index contributed by atoms with van der Waals surface area (Å²) in [5, 5.41) is 31.0. The zero-order chi connectivity index (χ0) is 46.9. The van der Waals surface area contributed by atoms with Crippen LogP contribution in [0.15, 0.2) is 12.2 Å². The van der Waals surface area contributed by atoms with Crippen LogP contribution in [0.3, 0.4) is 0 Å². The first-order valence-electron chi connectivity index (χ1n) is 26.2. The van der Waals surface area contributed by atoms with E-state index in [1.54, 1.807) is 0 Å². The number of ether oxygens (including phenoxy) is 4. The number of carbonyl (C=O) groups excluding carboxylic acids is 2. The van der Waals surface area contributed by atoms with Crippen LogP contribution in [0.1, 0.15) is 245 Å². The van der Waals surface area contributed by atoms with E-state index >= 15 is 0 Å². The van der Waals surface area contributed by atoms with Crippen LogP contribution in [0.2, 0.25) is 0 Å². The van der Waals surface area contributed by atoms with E-state index in [4.69, 9.17) is 18.9 Å². The van der Waals surface area contributed by atoms with Crippen molar-refractivity contribution in [3.05, 3.63) is 12.2 Å². The molecule has 1 heterocycles. The van der Waals surface area contributed by atoms with Gasteiger partial charge in [-0.3, -0.25) is 14.1 Å². The molecule has 2 unspecified atom stereocenters. The van der Waals surface area contributed by atoms with E-state index in [9.17, 15) is 37.9 Å². The first-order chi connectivity index (χ1) is 31.0. The summed E-state index contributed by atoms with van der Waals surface area (Å²) in [4.78, 5) is 25.5. The van der Waals surface area contributed by atoms with Crippen molar-refractivity contribution in [2.75, 3.05) is 19.0 Å². The molecule has 64 heavy (non-hydrogen) atoms. The predicted octanol–water partition coefficient (Wildman–Crippen LogP) is 11.8. The van der Waals surface area contributed by atoms with Crippen molar-refractivity contribution >= 4 is 22.1 Å². The Bertz CT molecular complexity index is 1230. The fraction of sp³-hybridized carbons (Fsp3) is 0.922. The van der Waals surface area contributed by atoms with Gasteiger partial charge in [0, 0.05) is 12.8 Å². The largest absolute Gasteiger partial charge is 0.462 e. The molecular weight excluding hydrogens is 837 g/mol. The van der Waals surface area contributed by atoms with Gasteiger partial charge in [0.25, 0.3) is 10.1 Å². The lowest BCUT2D eigenvalue weighted by molar-refractivity contribution is -0.297. The van der Waals surface area contributed by atoms with E-state index in [1.807, 2.05) is 0 Å². The molecule has 0 aromatic carbocycles. The van der Waals surface area contributed by atoms with Crippen LogP contribution in [0.5, 0.6) is 0 Å². The van der Waals surface area contributed by atoms with Gasteiger partial charge >= 0.3 is 11.9 Å². The molecule has 0 radical (unpaired) electrons. The predicted molar refractivity (Wildman–Crippen MR) is 257 cm³/mol. The van der Waals surface area contributed by atoms with E-state index in [0.717, 1.165) is 44.9 Å². The number of allylic oxidation sites excluding steroid dienone is 2. The average Bonchev–Trinajstić information content (AvgIpc) is 3.26. The van der Waals surface area contributed by atoms with Crippen LogP contribution in [-0.2, 0) is 38.7 Å². The van der Waals surface area contributed by atoms with Gasteiger partial charge in [0.2, 0.25) is 0 Å². The monoisotopic (exact) mass is 933 g/mol. The van der Waals surface area contributed by atoms with E-state index < -0.39 is 71.2 Å². The number of hydrogen-bond acceptors (Lipinski definition) is 11. The summed E-state index contributed by atoms with van der Waals surface area (Å²) in [6.07, 6.45) is 36.8. The first kappa shape index (κ1) is 60.4. The second-order valence-electron chi connectivity index (χ2n) is 18.5. The molecule has 0 aliphatic carbocycles. The lowest BCUT2D eigenvalue weighted by Gasteiger charge is -2.40. The molecule has 4 N–H and O–H groups in total. The van der Waals surface area contributed by atoms with E-state index in [0.29, 0.717) is 12.8 Å². The van der Waals surface area contributed by atoms with Gasteiger partial charge in [0.1, 0.15) is 36.8 Å². The van der Waals surface area contributed by atoms with Crippen molar-refractivity contribution in [3.8, 4) is 0 Å². The van der Waals surface area contributed by atoms with Crippen LogP contribution in [-0.4, -0.2) is 96.0 Å². The molecule has 0 aromatic heterocycles. The molecule has 0 aromatic rings. The van der Waals surface area contributed by atoms with Crippen molar-refractivity contribution in [1.82, 2.24) is 0 Å². The topological polar surface area (TPSA) is 186 Å². The highest BCUT2D eigenvalue weighted by molar-refractivity contribution is 7.85. The summed E-state index contributed by atoms with van der Waals surface area (Å²) in [6, 6.07) is 0. The average molecular weight is 933 g/mol. The summed E-state index contributed by atoms with van der Waals surface area (Å²) < 4.78 is 54.2. The second-order valence-corrected chi connectivity index (χ2v) is 20.0. The van der Waals surface area contributed by atoms with Crippen LogP contribution >= 0.6 is 0 Å². The number of carbonyl (C=O) groups is 2. The number of rotatable bonds is 45. The highest BCUT2D eigenvalue weighted by Crippen LogP contribution is 2.24. The lowest BCUT2D eigenvalue weighted by atomic mass is 10.00. The summed E-state index contributed by atoms with van der Waals surface area (Å²) >= 11 is 0. The molecule has 0 amide bonds. The Morgan fingerprint density at radius 3 is 1.31 bits per heavy atom. The molecule has 13 heteroatoms. The van der Waals surface area contributed by atoms with Gasteiger partial charge in [0.05, 0.1) is 6.61 Å². The smallest absolute Gasteiger partial charge is 0.306 e. The lowest BCUT2D eigenvalue weighted by Crippen LogP contribution is -2.60. The molecule has 6 atom stereocenters. The number of unbranched alkanes of at least 4 members (excludes halogenated alkanes) is 31. The van der Waals surface area contributed by atoms with Crippen molar-refractivity contribution in [3.63, 3.8) is 0 Å². The SMILES string of the molecule is CCCCCCCCCC/C=C/CCCCCC(=O)OC[C@H](CO[C@H]1O[C@H](CS(=O)(=O)O)[C@@H](O)C(O)C1O)OC(=O)CCCCCCCCCCCCCCCCCCCCCCC.